The third-order valence-corrected chi connectivity index (χ3v) is 4.75. The van der Waals surface area contributed by atoms with Gasteiger partial charge in [-0.05, 0) is 37.3 Å². The predicted molar refractivity (Wildman–Crippen MR) is 100 cm³/mol. The number of anilines is 1. The highest BCUT2D eigenvalue weighted by atomic mass is 32.2. The van der Waals surface area contributed by atoms with Crippen molar-refractivity contribution in [3.05, 3.63) is 81.8 Å². The van der Waals surface area contributed by atoms with Crippen LogP contribution in [0.15, 0.2) is 58.2 Å². The summed E-state index contributed by atoms with van der Waals surface area (Å²) in [6, 6.07) is 9.17. The van der Waals surface area contributed by atoms with E-state index in [1.807, 2.05) is 0 Å². The molecule has 2 aromatic carbocycles. The Morgan fingerprint density at radius 2 is 1.83 bits per heavy atom. The van der Waals surface area contributed by atoms with E-state index < -0.39 is 43.6 Å². The van der Waals surface area contributed by atoms with Crippen molar-refractivity contribution in [2.24, 2.45) is 5.14 Å². The predicted octanol–water partition coefficient (Wildman–Crippen LogP) is 1.72. The largest absolute Gasteiger partial charge is 0.320 e. The van der Waals surface area contributed by atoms with Crippen LogP contribution in [-0.2, 0) is 10.0 Å². The summed E-state index contributed by atoms with van der Waals surface area (Å²) < 4.78 is 51.7. The molecule has 0 unspecified atom stereocenters. The summed E-state index contributed by atoms with van der Waals surface area (Å²) in [6.07, 6.45) is 0. The third kappa shape index (κ3) is 4.36. The van der Waals surface area contributed by atoms with Crippen LogP contribution in [0.2, 0.25) is 0 Å². The molecule has 1 aromatic heterocycles. The third-order valence-electron chi connectivity index (χ3n) is 3.86. The maximum absolute atomic E-state index is 14.1. The number of aromatic nitrogens is 2. The normalized spacial score (nSPS) is 11.3. The molecule has 0 aliphatic heterocycles. The topological polar surface area (TPSA) is 124 Å². The quantitative estimate of drug-likeness (QED) is 0.665. The summed E-state index contributed by atoms with van der Waals surface area (Å²) in [4.78, 5) is 24.2. The van der Waals surface area contributed by atoms with Crippen molar-refractivity contribution in [1.29, 1.82) is 0 Å². The molecular weight excluding hydrogens is 406 g/mol. The lowest BCUT2D eigenvalue weighted by molar-refractivity contribution is 0.101. The summed E-state index contributed by atoms with van der Waals surface area (Å²) in [5.74, 6) is -2.63. The fourth-order valence-corrected chi connectivity index (χ4v) is 3.13. The van der Waals surface area contributed by atoms with Crippen LogP contribution in [0.4, 0.5) is 14.5 Å². The zero-order chi connectivity index (χ0) is 21.3. The van der Waals surface area contributed by atoms with Crippen molar-refractivity contribution in [2.45, 2.75) is 11.8 Å². The Kier molecular flexibility index (Phi) is 5.27. The molecule has 0 bridgehead atoms. The van der Waals surface area contributed by atoms with Crippen molar-refractivity contribution in [1.82, 2.24) is 9.78 Å². The van der Waals surface area contributed by atoms with E-state index in [4.69, 9.17) is 5.14 Å². The van der Waals surface area contributed by atoms with Gasteiger partial charge in [-0.1, -0.05) is 12.1 Å². The number of nitrogens with two attached hydrogens (primary N) is 1. The number of hydrogen-bond acceptors (Lipinski definition) is 5. The van der Waals surface area contributed by atoms with Crippen LogP contribution >= 0.6 is 0 Å². The Hall–Kier alpha value is -3.44. The summed E-state index contributed by atoms with van der Waals surface area (Å²) in [6.45, 7) is 1.51. The molecule has 3 aromatic rings. The van der Waals surface area contributed by atoms with E-state index in [1.165, 1.54) is 25.1 Å². The second-order valence-corrected chi connectivity index (χ2v) is 7.60. The van der Waals surface area contributed by atoms with Crippen LogP contribution in [0, 0.1) is 18.6 Å². The van der Waals surface area contributed by atoms with Gasteiger partial charge in [0.15, 0.2) is 5.69 Å². The van der Waals surface area contributed by atoms with Gasteiger partial charge in [-0.25, -0.2) is 27.0 Å². The molecule has 8 nitrogen and oxygen atoms in total. The molecule has 1 heterocycles. The average molecular weight is 420 g/mol. The molecule has 0 radical (unpaired) electrons. The number of aryl methyl sites for hydroxylation is 1. The molecule has 3 rings (SSSR count). The number of carbonyl (C=O) groups is 1. The lowest BCUT2D eigenvalue weighted by atomic mass is 10.2. The van der Waals surface area contributed by atoms with Crippen molar-refractivity contribution in [3.63, 3.8) is 0 Å². The SMILES string of the molecule is Cc1cc(=O)c(C(=O)Nc2cc(F)cc(S(N)(=O)=O)c2)nn1-c1ccccc1F. The minimum absolute atomic E-state index is 0.0151. The number of carbonyl (C=O) groups excluding carboxylic acids is 1. The fourth-order valence-electron chi connectivity index (χ4n) is 2.56. The van der Waals surface area contributed by atoms with Crippen molar-refractivity contribution >= 4 is 21.6 Å². The summed E-state index contributed by atoms with van der Waals surface area (Å²) in [5.41, 5.74) is -1.31. The van der Waals surface area contributed by atoms with Gasteiger partial charge >= 0.3 is 0 Å². The number of nitrogens with zero attached hydrogens (tertiary/aromatic N) is 2. The Bertz CT molecular complexity index is 1290. The highest BCUT2D eigenvalue weighted by Crippen LogP contribution is 2.18. The van der Waals surface area contributed by atoms with E-state index in [2.05, 4.69) is 10.4 Å². The van der Waals surface area contributed by atoms with Crippen LogP contribution in [0.1, 0.15) is 16.2 Å². The van der Waals surface area contributed by atoms with E-state index >= 15 is 0 Å². The summed E-state index contributed by atoms with van der Waals surface area (Å²) >= 11 is 0. The number of halogens is 2. The Morgan fingerprint density at radius 1 is 1.14 bits per heavy atom. The molecule has 0 atom stereocenters. The number of rotatable bonds is 4. The molecule has 0 spiro atoms. The molecule has 0 saturated heterocycles. The molecule has 29 heavy (non-hydrogen) atoms. The smallest absolute Gasteiger partial charge is 0.280 e. The first-order valence-electron chi connectivity index (χ1n) is 8.07. The van der Waals surface area contributed by atoms with E-state index in [0.29, 0.717) is 6.07 Å². The standard InChI is InChI=1S/C18H14F2N4O4S/c1-10-6-16(25)17(23-24(10)15-5-3-2-4-14(15)20)18(26)22-12-7-11(19)8-13(9-12)29(21,27)28/h2-9H,1H3,(H,22,26)(H2,21,27,28). The van der Waals surface area contributed by atoms with Crippen molar-refractivity contribution in [3.8, 4) is 5.69 Å². The van der Waals surface area contributed by atoms with E-state index in [-0.39, 0.29) is 17.1 Å². The van der Waals surface area contributed by atoms with E-state index in [9.17, 15) is 26.8 Å². The van der Waals surface area contributed by atoms with Crippen LogP contribution in [0.25, 0.3) is 5.69 Å². The van der Waals surface area contributed by atoms with Crippen molar-refractivity contribution < 1.29 is 22.0 Å². The van der Waals surface area contributed by atoms with Crippen LogP contribution < -0.4 is 15.9 Å². The second-order valence-electron chi connectivity index (χ2n) is 6.04. The molecule has 0 saturated carbocycles. The molecule has 11 heteroatoms. The van der Waals surface area contributed by atoms with Gasteiger partial charge in [0.2, 0.25) is 15.5 Å². The van der Waals surface area contributed by atoms with Gasteiger partial charge in [0.1, 0.15) is 17.3 Å². The zero-order valence-corrected chi connectivity index (χ0v) is 15.7. The van der Waals surface area contributed by atoms with Crippen LogP contribution in [-0.4, -0.2) is 24.1 Å². The number of hydrogen-bond donors (Lipinski definition) is 2. The minimum atomic E-state index is -4.22. The Labute approximate surface area is 163 Å². The number of amides is 1. The molecule has 3 N–H and O–H groups in total. The average Bonchev–Trinajstić information content (AvgIpc) is 2.61. The fraction of sp³-hybridized carbons (Fsp3) is 0.0556. The number of nitrogens with one attached hydrogen (secondary N) is 1. The first kappa shape index (κ1) is 20.3. The maximum Gasteiger partial charge on any atom is 0.280 e. The lowest BCUT2D eigenvalue weighted by Crippen LogP contribution is -2.27. The minimum Gasteiger partial charge on any atom is -0.320 e. The zero-order valence-electron chi connectivity index (χ0n) is 14.9. The van der Waals surface area contributed by atoms with Gasteiger partial charge in [-0.15, -0.1) is 0 Å². The molecule has 0 aliphatic carbocycles. The number of sulfonamides is 1. The molecule has 1 amide bonds. The van der Waals surface area contributed by atoms with Gasteiger partial charge < -0.3 is 5.32 Å². The highest BCUT2D eigenvalue weighted by Gasteiger charge is 2.18. The number of para-hydroxylation sites is 1. The highest BCUT2D eigenvalue weighted by molar-refractivity contribution is 7.89. The molecule has 150 valence electrons. The van der Waals surface area contributed by atoms with Gasteiger partial charge in [-0.3, -0.25) is 9.59 Å². The van der Waals surface area contributed by atoms with Gasteiger partial charge in [0.05, 0.1) is 4.90 Å². The summed E-state index contributed by atoms with van der Waals surface area (Å²) in [5, 5.41) is 11.1. The van der Waals surface area contributed by atoms with Crippen molar-refractivity contribution in [2.75, 3.05) is 5.32 Å². The monoisotopic (exact) mass is 420 g/mol. The van der Waals surface area contributed by atoms with Gasteiger partial charge in [0, 0.05) is 17.4 Å². The number of benzene rings is 2. The first-order chi connectivity index (χ1) is 13.6. The Morgan fingerprint density at radius 3 is 2.48 bits per heavy atom. The molecular formula is C18H14F2N4O4S. The van der Waals surface area contributed by atoms with Gasteiger partial charge in [0.25, 0.3) is 5.91 Å². The molecule has 0 fully saturated rings. The van der Waals surface area contributed by atoms with Gasteiger partial charge in [-0.2, -0.15) is 5.10 Å². The van der Waals surface area contributed by atoms with Crippen LogP contribution in [0.5, 0.6) is 0 Å². The second kappa shape index (κ2) is 7.53. The lowest BCUT2D eigenvalue weighted by Gasteiger charge is -2.12. The first-order valence-corrected chi connectivity index (χ1v) is 9.61. The maximum atomic E-state index is 14.1. The van der Waals surface area contributed by atoms with E-state index in [1.54, 1.807) is 6.07 Å². The summed E-state index contributed by atoms with van der Waals surface area (Å²) in [7, 11) is -4.22. The molecule has 0 aliphatic rings. The van der Waals surface area contributed by atoms with Crippen LogP contribution in [0.3, 0.4) is 0 Å². The van der Waals surface area contributed by atoms with E-state index in [0.717, 1.165) is 22.9 Å². The number of primary sulfonamides is 1. The Balaban J connectivity index is 2.03.